The van der Waals surface area contributed by atoms with Crippen LogP contribution >= 0.6 is 0 Å². The smallest absolute Gasteiger partial charge is 0.303 e. The second-order valence-corrected chi connectivity index (χ2v) is 7.77. The van der Waals surface area contributed by atoms with Crippen molar-refractivity contribution in [3.63, 3.8) is 0 Å². The van der Waals surface area contributed by atoms with Gasteiger partial charge in [0.05, 0.1) is 19.0 Å². The van der Waals surface area contributed by atoms with Crippen LogP contribution in [0, 0.1) is 0 Å². The summed E-state index contributed by atoms with van der Waals surface area (Å²) in [6.45, 7) is 4.75. The van der Waals surface area contributed by atoms with Crippen molar-refractivity contribution in [1.82, 2.24) is 19.5 Å². The van der Waals surface area contributed by atoms with E-state index in [0.29, 0.717) is 30.2 Å². The molecule has 2 aliphatic heterocycles. The number of anilines is 1. The number of hydrogen-bond donors (Lipinski definition) is 1. The summed E-state index contributed by atoms with van der Waals surface area (Å²) in [5, 5.41) is 3.30. The van der Waals surface area contributed by atoms with Crippen LogP contribution in [0.3, 0.4) is 0 Å². The fraction of sp³-hybridized carbons (Fsp3) is 0.600. The average molecular weight is 463 g/mol. The van der Waals surface area contributed by atoms with Gasteiger partial charge in [-0.1, -0.05) is 0 Å². The molecule has 0 saturated carbocycles. The Hall–Kier alpha value is -3.32. The summed E-state index contributed by atoms with van der Waals surface area (Å²) in [6, 6.07) is 0.103. The van der Waals surface area contributed by atoms with Gasteiger partial charge in [-0.15, -0.1) is 0 Å². The van der Waals surface area contributed by atoms with E-state index >= 15 is 0 Å². The second-order valence-electron chi connectivity index (χ2n) is 7.77. The Balaban J connectivity index is 1.68. The maximum Gasteiger partial charge on any atom is 0.303 e. The molecule has 1 unspecified atom stereocenters. The normalized spacial score (nSPS) is 26.8. The third-order valence-electron chi connectivity index (χ3n) is 5.24. The van der Waals surface area contributed by atoms with Gasteiger partial charge in [-0.2, -0.15) is 0 Å². The molecule has 33 heavy (non-hydrogen) atoms. The Morgan fingerprint density at radius 3 is 2.52 bits per heavy atom. The number of imidazole rings is 1. The molecule has 4 rings (SSSR count). The molecule has 2 saturated heterocycles. The van der Waals surface area contributed by atoms with Crippen LogP contribution in [-0.4, -0.2) is 81.6 Å². The van der Waals surface area contributed by atoms with Gasteiger partial charge in [0.25, 0.3) is 0 Å². The standard InChI is InChI=1S/C20H25N5O8/c1-10(26)30-7-14-16(31-11(2)27)17(32-12(3)28)20(33-14)25-9-23-15-18(21-8-22-19(15)25)24-13-4-5-29-6-13/h8-9,13-14,16-17,20H,4-7H2,1-3H3,(H,21,22,24)/t13-,14-,16-,17-,20?/m1/s1. The second kappa shape index (κ2) is 9.67. The fourth-order valence-corrected chi connectivity index (χ4v) is 3.90. The van der Waals surface area contributed by atoms with Gasteiger partial charge < -0.3 is 29.0 Å². The molecule has 4 heterocycles. The van der Waals surface area contributed by atoms with Crippen molar-refractivity contribution in [2.45, 2.75) is 57.8 Å². The summed E-state index contributed by atoms with van der Waals surface area (Å²) < 4.78 is 29.0. The molecular weight excluding hydrogens is 438 g/mol. The summed E-state index contributed by atoms with van der Waals surface area (Å²) in [4.78, 5) is 48.0. The largest absolute Gasteiger partial charge is 0.463 e. The predicted molar refractivity (Wildman–Crippen MR) is 110 cm³/mol. The molecule has 0 bridgehead atoms. The molecule has 0 amide bonds. The lowest BCUT2D eigenvalue weighted by molar-refractivity contribution is -0.166. The SMILES string of the molecule is CC(=O)OC[C@H]1OC(n2cnc3c(N[C@@H]4CCOC4)ncnc32)[C@H](OC(C)=O)[C@@H]1OC(C)=O. The zero-order valence-electron chi connectivity index (χ0n) is 18.4. The van der Waals surface area contributed by atoms with Crippen molar-refractivity contribution >= 4 is 34.9 Å². The number of carbonyl (C=O) groups excluding carboxylic acids is 3. The minimum absolute atomic E-state index is 0.103. The molecule has 1 N–H and O–H groups in total. The van der Waals surface area contributed by atoms with E-state index < -0.39 is 42.4 Å². The van der Waals surface area contributed by atoms with E-state index in [0.717, 1.165) is 6.42 Å². The monoisotopic (exact) mass is 463 g/mol. The van der Waals surface area contributed by atoms with Crippen LogP contribution < -0.4 is 5.32 Å². The van der Waals surface area contributed by atoms with Crippen molar-refractivity contribution in [3.05, 3.63) is 12.7 Å². The van der Waals surface area contributed by atoms with E-state index in [4.69, 9.17) is 23.7 Å². The van der Waals surface area contributed by atoms with Gasteiger partial charge in [-0.05, 0) is 6.42 Å². The minimum Gasteiger partial charge on any atom is -0.463 e. The molecule has 13 nitrogen and oxygen atoms in total. The van der Waals surface area contributed by atoms with Gasteiger partial charge >= 0.3 is 17.9 Å². The van der Waals surface area contributed by atoms with Crippen molar-refractivity contribution in [1.29, 1.82) is 0 Å². The highest BCUT2D eigenvalue weighted by molar-refractivity contribution is 5.83. The zero-order valence-corrected chi connectivity index (χ0v) is 18.4. The molecule has 178 valence electrons. The number of aromatic nitrogens is 4. The summed E-state index contributed by atoms with van der Waals surface area (Å²) in [7, 11) is 0. The number of rotatable bonds is 7. The third kappa shape index (κ3) is 5.03. The summed E-state index contributed by atoms with van der Waals surface area (Å²) >= 11 is 0. The number of ether oxygens (including phenoxy) is 5. The van der Waals surface area contributed by atoms with E-state index in [2.05, 4.69) is 20.3 Å². The molecule has 2 aromatic rings. The lowest BCUT2D eigenvalue weighted by atomic mass is 10.1. The highest BCUT2D eigenvalue weighted by atomic mass is 16.7. The van der Waals surface area contributed by atoms with Crippen LogP contribution in [0.5, 0.6) is 0 Å². The van der Waals surface area contributed by atoms with Gasteiger partial charge in [-0.25, -0.2) is 15.0 Å². The fourth-order valence-electron chi connectivity index (χ4n) is 3.90. The summed E-state index contributed by atoms with van der Waals surface area (Å²) in [5.41, 5.74) is 0.908. The Kier molecular flexibility index (Phi) is 6.70. The first kappa shape index (κ1) is 22.9. The average Bonchev–Trinajstić information content (AvgIpc) is 3.47. The number of fused-ring (bicyclic) bond motifs is 1. The molecule has 0 aliphatic carbocycles. The van der Waals surface area contributed by atoms with Crippen LogP contribution in [0.1, 0.15) is 33.4 Å². The zero-order chi connectivity index (χ0) is 23.5. The minimum atomic E-state index is -1.03. The quantitative estimate of drug-likeness (QED) is 0.445. The molecule has 2 aromatic heterocycles. The van der Waals surface area contributed by atoms with Crippen molar-refractivity contribution < 1.29 is 38.1 Å². The van der Waals surface area contributed by atoms with Gasteiger partial charge in [0.1, 0.15) is 19.0 Å². The number of esters is 3. The van der Waals surface area contributed by atoms with Crippen LogP contribution in [0.2, 0.25) is 0 Å². The van der Waals surface area contributed by atoms with Crippen LogP contribution in [0.25, 0.3) is 11.2 Å². The molecular formula is C20H25N5O8. The van der Waals surface area contributed by atoms with Crippen molar-refractivity contribution in [3.8, 4) is 0 Å². The molecule has 0 radical (unpaired) electrons. The molecule has 0 spiro atoms. The number of nitrogens with one attached hydrogen (secondary N) is 1. The van der Waals surface area contributed by atoms with E-state index in [-0.39, 0.29) is 12.6 Å². The van der Waals surface area contributed by atoms with Gasteiger partial charge in [0.15, 0.2) is 35.4 Å². The Morgan fingerprint density at radius 2 is 1.85 bits per heavy atom. The Bertz CT molecular complexity index is 1040. The van der Waals surface area contributed by atoms with E-state index in [9.17, 15) is 14.4 Å². The van der Waals surface area contributed by atoms with Crippen LogP contribution in [-0.2, 0) is 38.1 Å². The number of carbonyl (C=O) groups is 3. The van der Waals surface area contributed by atoms with E-state index in [1.165, 1.54) is 33.4 Å². The lowest BCUT2D eigenvalue weighted by Crippen LogP contribution is -2.40. The van der Waals surface area contributed by atoms with Gasteiger partial charge in [0, 0.05) is 27.4 Å². The predicted octanol–water partition coefficient (Wildman–Crippen LogP) is 0.351. The molecule has 5 atom stereocenters. The van der Waals surface area contributed by atoms with E-state index in [1.54, 1.807) is 4.57 Å². The Morgan fingerprint density at radius 1 is 1.09 bits per heavy atom. The molecule has 13 heteroatoms. The van der Waals surface area contributed by atoms with Crippen molar-refractivity contribution in [2.24, 2.45) is 0 Å². The number of hydrogen-bond acceptors (Lipinski definition) is 12. The highest BCUT2D eigenvalue weighted by Gasteiger charge is 2.51. The summed E-state index contributed by atoms with van der Waals surface area (Å²) in [5.74, 6) is -1.19. The Labute approximate surface area is 188 Å². The molecule has 0 aromatic carbocycles. The first-order chi connectivity index (χ1) is 15.8. The first-order valence-electron chi connectivity index (χ1n) is 10.5. The van der Waals surface area contributed by atoms with Crippen molar-refractivity contribution in [2.75, 3.05) is 25.1 Å². The van der Waals surface area contributed by atoms with Crippen LogP contribution in [0.4, 0.5) is 5.82 Å². The first-order valence-corrected chi connectivity index (χ1v) is 10.5. The maximum atomic E-state index is 11.9. The maximum absolute atomic E-state index is 11.9. The highest BCUT2D eigenvalue weighted by Crippen LogP contribution is 2.36. The molecule has 2 fully saturated rings. The lowest BCUT2D eigenvalue weighted by Gasteiger charge is -2.23. The van der Waals surface area contributed by atoms with E-state index in [1.807, 2.05) is 0 Å². The number of nitrogens with zero attached hydrogens (tertiary/aromatic N) is 4. The summed E-state index contributed by atoms with van der Waals surface area (Å²) in [6.07, 6.45) is -0.151. The topological polar surface area (TPSA) is 153 Å². The molecule has 2 aliphatic rings. The third-order valence-corrected chi connectivity index (χ3v) is 5.24. The van der Waals surface area contributed by atoms with Gasteiger partial charge in [0.2, 0.25) is 0 Å². The van der Waals surface area contributed by atoms with Crippen LogP contribution in [0.15, 0.2) is 12.7 Å². The van der Waals surface area contributed by atoms with Gasteiger partial charge in [-0.3, -0.25) is 19.0 Å².